The smallest absolute Gasteiger partial charge is 0.244 e. The normalized spacial score (nSPS) is 19.4. The molecule has 1 aromatic carbocycles. The van der Waals surface area contributed by atoms with Gasteiger partial charge < -0.3 is 9.64 Å². The Hall–Kier alpha value is -1.94. The second-order valence-corrected chi connectivity index (χ2v) is 13.3. The third-order valence-corrected chi connectivity index (χ3v) is 10.0. The molecule has 1 saturated heterocycles. The number of pyridine rings is 1. The Morgan fingerprint density at radius 3 is 2.76 bits per heavy atom. The molecule has 5 rings (SSSR count). The van der Waals surface area contributed by atoms with Crippen LogP contribution in [0.1, 0.15) is 29.7 Å². The van der Waals surface area contributed by atoms with Gasteiger partial charge in [-0.2, -0.15) is 4.31 Å². The van der Waals surface area contributed by atoms with Crippen LogP contribution in [0, 0.1) is 5.92 Å². The Morgan fingerprint density at radius 2 is 1.97 bits per heavy atom. The van der Waals surface area contributed by atoms with Crippen molar-refractivity contribution in [3.63, 3.8) is 0 Å². The molecule has 0 spiro atoms. The van der Waals surface area contributed by atoms with Crippen LogP contribution in [-0.2, 0) is 23.0 Å². The highest BCUT2D eigenvalue weighted by Gasteiger charge is 2.29. The number of aryl methyl sites for hydroxylation is 1. The average molecular weight is 563 g/mol. The Balaban J connectivity index is 1.24. The zero-order valence-corrected chi connectivity index (χ0v) is 22.1. The van der Waals surface area contributed by atoms with Crippen LogP contribution in [0.25, 0.3) is 0 Å². The molecule has 34 heavy (non-hydrogen) atoms. The van der Waals surface area contributed by atoms with Crippen LogP contribution >= 0.6 is 27.3 Å². The predicted octanol–water partition coefficient (Wildman–Crippen LogP) is 5.34. The van der Waals surface area contributed by atoms with E-state index in [2.05, 4.69) is 25.8 Å². The van der Waals surface area contributed by atoms with E-state index in [1.165, 1.54) is 11.1 Å². The van der Waals surface area contributed by atoms with E-state index in [4.69, 9.17) is 4.74 Å². The molecule has 0 amide bonds. The number of para-hydroxylation sites is 1. The lowest BCUT2D eigenvalue weighted by Crippen LogP contribution is -2.38. The minimum atomic E-state index is -3.59. The Labute approximate surface area is 213 Å². The number of thiophene rings is 1. The summed E-state index contributed by atoms with van der Waals surface area (Å²) in [6.07, 6.45) is 5.44. The fraction of sp³-hybridized carbons (Fsp3) is 0.400. The number of benzene rings is 1. The van der Waals surface area contributed by atoms with Crippen molar-refractivity contribution in [2.24, 2.45) is 5.92 Å². The van der Waals surface area contributed by atoms with Gasteiger partial charge in [-0.15, -0.1) is 11.3 Å². The van der Waals surface area contributed by atoms with Crippen molar-refractivity contribution in [2.45, 2.75) is 37.1 Å². The van der Waals surface area contributed by atoms with E-state index in [1.54, 1.807) is 21.7 Å². The van der Waals surface area contributed by atoms with E-state index in [1.807, 2.05) is 42.5 Å². The molecule has 0 radical (unpaired) electrons. The fourth-order valence-electron chi connectivity index (χ4n) is 4.67. The summed E-state index contributed by atoms with van der Waals surface area (Å²) in [6.45, 7) is 3.38. The maximum absolute atomic E-state index is 13.4. The molecule has 0 N–H and O–H groups in total. The third-order valence-electron chi connectivity index (χ3n) is 6.46. The number of sulfonamides is 1. The van der Waals surface area contributed by atoms with Gasteiger partial charge in [-0.1, -0.05) is 18.2 Å². The van der Waals surface area contributed by atoms with Crippen molar-refractivity contribution < 1.29 is 13.2 Å². The van der Waals surface area contributed by atoms with E-state index in [0.717, 1.165) is 59.7 Å². The van der Waals surface area contributed by atoms with Gasteiger partial charge in [-0.25, -0.2) is 13.4 Å². The van der Waals surface area contributed by atoms with Crippen LogP contribution in [-0.4, -0.2) is 43.9 Å². The van der Waals surface area contributed by atoms with Crippen molar-refractivity contribution in [3.05, 3.63) is 69.0 Å². The number of fused-ring (bicyclic) bond motifs is 1. The fourth-order valence-corrected chi connectivity index (χ4v) is 7.87. The summed E-state index contributed by atoms with van der Waals surface area (Å²) in [5, 5.41) is 0. The molecular formula is C25H28BrN3O3S2. The van der Waals surface area contributed by atoms with Gasteiger partial charge in [0.25, 0.3) is 0 Å². The topological polar surface area (TPSA) is 62.7 Å². The first-order chi connectivity index (χ1) is 16.5. The number of piperidine rings is 1. The first-order valence-corrected chi connectivity index (χ1v) is 14.7. The van der Waals surface area contributed by atoms with Gasteiger partial charge in [0.15, 0.2) is 0 Å². The number of rotatable bonds is 6. The zero-order chi connectivity index (χ0) is 23.5. The standard InChI is InChI=1S/C25H28BrN3O3S2/c26-24-14-20-17-29(13-5-9-23(20)33-24)34(30,31)22-10-11-25(27-15-22)28-12-4-6-19(16-28)18-32-21-7-2-1-3-8-21/h1-3,7-8,10-11,14-15,19H,4-6,9,12-13,16-18H2. The number of ether oxygens (including phenoxy) is 1. The summed E-state index contributed by atoms with van der Waals surface area (Å²) in [5.41, 5.74) is 1.10. The van der Waals surface area contributed by atoms with Crippen molar-refractivity contribution in [3.8, 4) is 5.75 Å². The molecule has 180 valence electrons. The minimum absolute atomic E-state index is 0.259. The maximum atomic E-state index is 13.4. The van der Waals surface area contributed by atoms with Crippen LogP contribution < -0.4 is 9.64 Å². The number of hydrogen-bond acceptors (Lipinski definition) is 6. The molecule has 6 nitrogen and oxygen atoms in total. The summed E-state index contributed by atoms with van der Waals surface area (Å²) >= 11 is 5.23. The summed E-state index contributed by atoms with van der Waals surface area (Å²) in [6, 6.07) is 15.5. The summed E-state index contributed by atoms with van der Waals surface area (Å²) in [4.78, 5) is 8.33. The lowest BCUT2D eigenvalue weighted by molar-refractivity contribution is 0.228. The first-order valence-electron chi connectivity index (χ1n) is 11.6. The molecule has 0 bridgehead atoms. The molecule has 0 aliphatic carbocycles. The van der Waals surface area contributed by atoms with Crippen molar-refractivity contribution in [1.29, 1.82) is 0 Å². The first kappa shape index (κ1) is 23.8. The maximum Gasteiger partial charge on any atom is 0.244 e. The molecular weight excluding hydrogens is 534 g/mol. The SMILES string of the molecule is O=S(=O)(c1ccc(N2CCCC(COc3ccccc3)C2)nc1)N1CCCc2sc(Br)cc2C1. The number of aromatic nitrogens is 1. The molecule has 2 aliphatic heterocycles. The Morgan fingerprint density at radius 1 is 1.12 bits per heavy atom. The molecule has 2 aliphatic rings. The van der Waals surface area contributed by atoms with E-state index >= 15 is 0 Å². The Kier molecular flexibility index (Phi) is 7.24. The predicted molar refractivity (Wildman–Crippen MR) is 139 cm³/mol. The van der Waals surface area contributed by atoms with Gasteiger partial charge in [-0.3, -0.25) is 0 Å². The Bertz CT molecular complexity index is 1220. The van der Waals surface area contributed by atoms with E-state index < -0.39 is 10.0 Å². The van der Waals surface area contributed by atoms with Crippen molar-refractivity contribution in [2.75, 3.05) is 31.1 Å². The molecule has 3 aromatic rings. The van der Waals surface area contributed by atoms with E-state index in [-0.39, 0.29) is 4.90 Å². The van der Waals surface area contributed by atoms with Gasteiger partial charge in [0.2, 0.25) is 10.0 Å². The molecule has 1 fully saturated rings. The van der Waals surface area contributed by atoms with Crippen LogP contribution in [0.3, 0.4) is 0 Å². The highest BCUT2D eigenvalue weighted by atomic mass is 79.9. The third kappa shape index (κ3) is 5.32. The number of anilines is 1. The van der Waals surface area contributed by atoms with Crippen LogP contribution in [0.4, 0.5) is 5.82 Å². The van der Waals surface area contributed by atoms with Crippen molar-refractivity contribution in [1.82, 2.24) is 9.29 Å². The largest absolute Gasteiger partial charge is 0.493 e. The highest BCUT2D eigenvalue weighted by Crippen LogP contribution is 2.33. The molecule has 4 heterocycles. The molecule has 2 aromatic heterocycles. The average Bonchev–Trinajstić information content (AvgIpc) is 3.09. The lowest BCUT2D eigenvalue weighted by Gasteiger charge is -2.33. The summed E-state index contributed by atoms with van der Waals surface area (Å²) in [5.74, 6) is 2.13. The van der Waals surface area contributed by atoms with Gasteiger partial charge in [0.1, 0.15) is 16.5 Å². The van der Waals surface area contributed by atoms with Crippen LogP contribution in [0.5, 0.6) is 5.75 Å². The van der Waals surface area contributed by atoms with Crippen LogP contribution in [0.2, 0.25) is 0 Å². The number of halogens is 1. The highest BCUT2D eigenvalue weighted by molar-refractivity contribution is 9.11. The number of hydrogen-bond donors (Lipinski definition) is 0. The van der Waals surface area contributed by atoms with Gasteiger partial charge >= 0.3 is 0 Å². The second-order valence-electron chi connectivity index (χ2n) is 8.87. The van der Waals surface area contributed by atoms with E-state index in [9.17, 15) is 8.42 Å². The van der Waals surface area contributed by atoms with Crippen LogP contribution in [0.15, 0.2) is 63.4 Å². The lowest BCUT2D eigenvalue weighted by atomic mass is 9.99. The summed E-state index contributed by atoms with van der Waals surface area (Å²) in [7, 11) is -3.59. The van der Waals surface area contributed by atoms with Gasteiger partial charge in [-0.05, 0) is 77.5 Å². The minimum Gasteiger partial charge on any atom is -0.493 e. The van der Waals surface area contributed by atoms with Crippen molar-refractivity contribution >= 4 is 43.1 Å². The second kappa shape index (κ2) is 10.4. The summed E-state index contributed by atoms with van der Waals surface area (Å²) < 4.78 is 35.3. The molecule has 1 unspecified atom stereocenters. The number of nitrogens with zero attached hydrogens (tertiary/aromatic N) is 3. The molecule has 0 saturated carbocycles. The monoisotopic (exact) mass is 561 g/mol. The van der Waals surface area contributed by atoms with Gasteiger partial charge in [0, 0.05) is 43.2 Å². The van der Waals surface area contributed by atoms with E-state index in [0.29, 0.717) is 25.6 Å². The van der Waals surface area contributed by atoms with Gasteiger partial charge in [0.05, 0.1) is 10.4 Å². The molecule has 9 heteroatoms. The molecule has 1 atom stereocenters. The zero-order valence-electron chi connectivity index (χ0n) is 18.9. The quantitative estimate of drug-likeness (QED) is 0.406.